The molecule has 3 rings (SSSR count). The summed E-state index contributed by atoms with van der Waals surface area (Å²) < 4.78 is 6.09. The average Bonchev–Trinajstić information content (AvgIpc) is 2.85. The van der Waals surface area contributed by atoms with Crippen molar-refractivity contribution in [3.63, 3.8) is 0 Å². The van der Waals surface area contributed by atoms with Crippen LogP contribution in [-0.2, 0) is 0 Å². The first-order chi connectivity index (χ1) is 15.8. The maximum Gasteiger partial charge on any atom is 0.119 e. The van der Waals surface area contributed by atoms with Crippen molar-refractivity contribution in [3.8, 4) is 5.75 Å². The van der Waals surface area contributed by atoms with Gasteiger partial charge in [0.1, 0.15) is 5.75 Å². The van der Waals surface area contributed by atoms with Crippen LogP contribution in [0.3, 0.4) is 0 Å². The number of hydrogen-bond acceptors (Lipinski definition) is 1. The van der Waals surface area contributed by atoms with E-state index in [0.717, 1.165) is 36.0 Å². The third-order valence-corrected chi connectivity index (χ3v) is 8.62. The molecule has 0 N–H and O–H groups in total. The summed E-state index contributed by atoms with van der Waals surface area (Å²) in [6, 6.07) is 9.15. The molecule has 0 aromatic heterocycles. The Kier molecular flexibility index (Phi) is 12.0. The molecule has 1 heteroatoms. The van der Waals surface area contributed by atoms with Crippen LogP contribution in [0.5, 0.6) is 5.75 Å². The molecule has 0 saturated heterocycles. The monoisotopic (exact) mass is 440 g/mol. The Morgan fingerprint density at radius 1 is 0.594 bits per heavy atom. The van der Waals surface area contributed by atoms with Crippen molar-refractivity contribution in [2.24, 2.45) is 17.8 Å². The lowest BCUT2D eigenvalue weighted by Gasteiger charge is -2.29. The van der Waals surface area contributed by atoms with Crippen LogP contribution < -0.4 is 4.74 Å². The molecule has 0 atom stereocenters. The Hall–Kier alpha value is -0.980. The highest BCUT2D eigenvalue weighted by molar-refractivity contribution is 5.29. The molecule has 32 heavy (non-hydrogen) atoms. The van der Waals surface area contributed by atoms with E-state index in [1.165, 1.54) is 116 Å². The quantitative estimate of drug-likeness (QED) is 0.261. The Bertz CT molecular complexity index is 575. The van der Waals surface area contributed by atoms with Gasteiger partial charge in [-0.1, -0.05) is 103 Å². The normalized spacial score (nSPS) is 26.2. The lowest BCUT2D eigenvalue weighted by molar-refractivity contribution is 0.228. The van der Waals surface area contributed by atoms with E-state index in [0.29, 0.717) is 0 Å². The fourth-order valence-electron chi connectivity index (χ4n) is 6.34. The summed E-state index contributed by atoms with van der Waals surface area (Å²) in [7, 11) is 0. The maximum absolute atomic E-state index is 6.09. The van der Waals surface area contributed by atoms with Gasteiger partial charge in [0, 0.05) is 0 Å². The van der Waals surface area contributed by atoms with Gasteiger partial charge in [0.15, 0.2) is 0 Å². The topological polar surface area (TPSA) is 9.23 Å². The smallest absolute Gasteiger partial charge is 0.119 e. The van der Waals surface area contributed by atoms with E-state index in [2.05, 4.69) is 38.1 Å². The van der Waals surface area contributed by atoms with Crippen LogP contribution >= 0.6 is 0 Å². The fraction of sp³-hybridized carbons (Fsp3) is 0.806. The van der Waals surface area contributed by atoms with Crippen LogP contribution in [0.1, 0.15) is 141 Å². The number of benzene rings is 1. The standard InChI is InChI=1S/C31H52O/c1-3-5-7-8-11-27-17-19-29(20-18-27)30-21-23-31(24-22-30)32-25-9-12-28-15-13-26(14-16-28)10-6-4-2/h21-24,26-29H,3-20,25H2,1-2H3. The Morgan fingerprint density at radius 3 is 1.72 bits per heavy atom. The van der Waals surface area contributed by atoms with Crippen molar-refractivity contribution < 1.29 is 4.74 Å². The summed E-state index contributed by atoms with van der Waals surface area (Å²) in [6.07, 6.45) is 25.5. The first-order valence-corrected chi connectivity index (χ1v) is 14.5. The van der Waals surface area contributed by atoms with Gasteiger partial charge in [0.25, 0.3) is 0 Å². The van der Waals surface area contributed by atoms with Gasteiger partial charge in [-0.2, -0.15) is 0 Å². The molecule has 2 fully saturated rings. The molecule has 0 heterocycles. The highest BCUT2D eigenvalue weighted by Gasteiger charge is 2.22. The largest absolute Gasteiger partial charge is 0.494 e. The summed E-state index contributed by atoms with van der Waals surface area (Å²) in [4.78, 5) is 0. The van der Waals surface area contributed by atoms with E-state index in [4.69, 9.17) is 4.74 Å². The minimum Gasteiger partial charge on any atom is -0.494 e. The molecule has 1 aromatic carbocycles. The predicted molar refractivity (Wildman–Crippen MR) is 140 cm³/mol. The second kappa shape index (κ2) is 15.0. The van der Waals surface area contributed by atoms with Gasteiger partial charge < -0.3 is 4.74 Å². The van der Waals surface area contributed by atoms with E-state index >= 15 is 0 Å². The molecule has 2 aliphatic rings. The first-order valence-electron chi connectivity index (χ1n) is 14.5. The van der Waals surface area contributed by atoms with Crippen LogP contribution in [0.2, 0.25) is 0 Å². The Morgan fingerprint density at radius 2 is 1.12 bits per heavy atom. The number of rotatable bonds is 14. The second-order valence-corrected chi connectivity index (χ2v) is 11.2. The molecule has 2 saturated carbocycles. The third kappa shape index (κ3) is 9.11. The van der Waals surface area contributed by atoms with Crippen molar-refractivity contribution in [2.45, 2.75) is 135 Å². The molecular formula is C31H52O. The SMILES string of the molecule is CCCCCCC1CCC(c2ccc(OCCCC3CCC(CCCC)CC3)cc2)CC1. The molecule has 0 radical (unpaired) electrons. The van der Waals surface area contributed by atoms with Gasteiger partial charge in [-0.15, -0.1) is 0 Å². The van der Waals surface area contributed by atoms with Gasteiger partial charge in [0.05, 0.1) is 6.61 Å². The molecular weight excluding hydrogens is 388 g/mol. The van der Waals surface area contributed by atoms with Crippen LogP contribution in [0, 0.1) is 17.8 Å². The molecule has 2 aliphatic carbocycles. The first kappa shape index (κ1) is 25.6. The van der Waals surface area contributed by atoms with Crippen molar-refractivity contribution in [1.29, 1.82) is 0 Å². The minimum atomic E-state index is 0.781. The van der Waals surface area contributed by atoms with Gasteiger partial charge >= 0.3 is 0 Å². The molecule has 0 bridgehead atoms. The number of hydrogen-bond donors (Lipinski definition) is 0. The zero-order valence-electron chi connectivity index (χ0n) is 21.5. The molecule has 0 amide bonds. The highest BCUT2D eigenvalue weighted by atomic mass is 16.5. The summed E-state index contributed by atoms with van der Waals surface area (Å²) in [5, 5.41) is 0. The minimum absolute atomic E-state index is 0.781. The zero-order valence-corrected chi connectivity index (χ0v) is 21.5. The highest BCUT2D eigenvalue weighted by Crippen LogP contribution is 2.38. The van der Waals surface area contributed by atoms with Crippen LogP contribution in [-0.4, -0.2) is 6.61 Å². The molecule has 182 valence electrons. The van der Waals surface area contributed by atoms with Crippen LogP contribution in [0.25, 0.3) is 0 Å². The lowest BCUT2D eigenvalue weighted by atomic mass is 9.77. The van der Waals surface area contributed by atoms with E-state index in [-0.39, 0.29) is 0 Å². The average molecular weight is 441 g/mol. The van der Waals surface area contributed by atoms with E-state index in [9.17, 15) is 0 Å². The molecule has 1 nitrogen and oxygen atoms in total. The van der Waals surface area contributed by atoms with Crippen molar-refractivity contribution in [3.05, 3.63) is 29.8 Å². The maximum atomic E-state index is 6.09. The molecule has 0 unspecified atom stereocenters. The predicted octanol–water partition coefficient (Wildman–Crippen LogP) is 10.1. The third-order valence-electron chi connectivity index (χ3n) is 8.62. The lowest BCUT2D eigenvalue weighted by Crippen LogP contribution is -2.15. The fourth-order valence-corrected chi connectivity index (χ4v) is 6.34. The second-order valence-electron chi connectivity index (χ2n) is 11.2. The van der Waals surface area contributed by atoms with Gasteiger partial charge in [-0.3, -0.25) is 0 Å². The van der Waals surface area contributed by atoms with E-state index in [1.807, 2.05) is 0 Å². The Balaban J connectivity index is 1.26. The molecule has 1 aromatic rings. The zero-order chi connectivity index (χ0) is 22.4. The molecule has 0 aliphatic heterocycles. The van der Waals surface area contributed by atoms with Crippen LogP contribution in [0.15, 0.2) is 24.3 Å². The van der Waals surface area contributed by atoms with E-state index < -0.39 is 0 Å². The number of ether oxygens (including phenoxy) is 1. The summed E-state index contributed by atoms with van der Waals surface area (Å²) in [5.74, 6) is 4.84. The van der Waals surface area contributed by atoms with Crippen molar-refractivity contribution >= 4 is 0 Å². The summed E-state index contributed by atoms with van der Waals surface area (Å²) in [6.45, 7) is 5.51. The number of unbranched alkanes of at least 4 members (excludes halogenated alkanes) is 4. The van der Waals surface area contributed by atoms with Gasteiger partial charge in [-0.25, -0.2) is 0 Å². The van der Waals surface area contributed by atoms with Crippen LogP contribution in [0.4, 0.5) is 0 Å². The van der Waals surface area contributed by atoms with E-state index in [1.54, 1.807) is 5.56 Å². The Labute approximate surface area is 200 Å². The van der Waals surface area contributed by atoms with Gasteiger partial charge in [0.2, 0.25) is 0 Å². The van der Waals surface area contributed by atoms with Crippen molar-refractivity contribution in [1.82, 2.24) is 0 Å². The summed E-state index contributed by atoms with van der Waals surface area (Å²) >= 11 is 0. The molecule has 0 spiro atoms. The van der Waals surface area contributed by atoms with Gasteiger partial charge in [-0.05, 0) is 79.9 Å². The van der Waals surface area contributed by atoms with Crippen molar-refractivity contribution in [2.75, 3.05) is 6.61 Å². The summed E-state index contributed by atoms with van der Waals surface area (Å²) in [5.41, 5.74) is 1.54.